The minimum absolute atomic E-state index is 0.0772. The number of unbranched alkanes of at least 4 members (excludes halogenated alkanes) is 1. The van der Waals surface area contributed by atoms with E-state index in [2.05, 4.69) is 5.32 Å². The molecule has 0 saturated carbocycles. The van der Waals surface area contributed by atoms with Crippen LogP contribution in [0.25, 0.3) is 0 Å². The summed E-state index contributed by atoms with van der Waals surface area (Å²) in [5.41, 5.74) is 2.23. The number of sulfonamides is 1. The molecule has 0 aliphatic carbocycles. The van der Waals surface area contributed by atoms with E-state index < -0.39 is 21.9 Å². The van der Waals surface area contributed by atoms with Crippen molar-refractivity contribution in [1.82, 2.24) is 10.3 Å². The van der Waals surface area contributed by atoms with Crippen LogP contribution in [0.4, 0.5) is 14.9 Å². The predicted octanol–water partition coefficient (Wildman–Crippen LogP) is 2.24. The molecule has 0 aromatic heterocycles. The van der Waals surface area contributed by atoms with Gasteiger partial charge in [-0.2, -0.15) is 0 Å². The van der Waals surface area contributed by atoms with E-state index in [1.54, 1.807) is 0 Å². The van der Waals surface area contributed by atoms with E-state index in [4.69, 9.17) is 11.6 Å². The molecule has 0 bridgehead atoms. The van der Waals surface area contributed by atoms with E-state index >= 15 is 0 Å². The van der Waals surface area contributed by atoms with Gasteiger partial charge in [0.05, 0.1) is 10.8 Å². The SMILES string of the molecule is CCCCS(=O)(=O)NNC(=O)Nc1ccc(F)c(Cl)c1. The van der Waals surface area contributed by atoms with Crippen LogP contribution in [-0.2, 0) is 10.0 Å². The second-order valence-electron chi connectivity index (χ2n) is 3.98. The predicted molar refractivity (Wildman–Crippen MR) is 75.4 cm³/mol. The van der Waals surface area contributed by atoms with E-state index in [9.17, 15) is 17.6 Å². The zero-order chi connectivity index (χ0) is 15.2. The lowest BCUT2D eigenvalue weighted by Crippen LogP contribution is -2.44. The fourth-order valence-corrected chi connectivity index (χ4v) is 2.45. The summed E-state index contributed by atoms with van der Waals surface area (Å²) in [6, 6.07) is 2.80. The highest BCUT2D eigenvalue weighted by Crippen LogP contribution is 2.19. The molecule has 3 N–H and O–H groups in total. The number of urea groups is 1. The standard InChI is InChI=1S/C11H15ClFN3O3S/c1-2-3-6-20(18,19)16-15-11(17)14-8-4-5-10(13)9(12)7-8/h4-5,7,16H,2-3,6H2,1H3,(H2,14,15,17). The Balaban J connectivity index is 2.49. The van der Waals surface area contributed by atoms with Gasteiger partial charge >= 0.3 is 6.03 Å². The van der Waals surface area contributed by atoms with Crippen LogP contribution >= 0.6 is 11.6 Å². The number of hydrazine groups is 1. The minimum atomic E-state index is -3.55. The maximum atomic E-state index is 12.9. The van der Waals surface area contributed by atoms with E-state index in [-0.39, 0.29) is 16.5 Å². The lowest BCUT2D eigenvalue weighted by molar-refractivity contribution is 0.250. The highest BCUT2D eigenvalue weighted by atomic mass is 35.5. The van der Waals surface area contributed by atoms with E-state index in [1.165, 1.54) is 12.1 Å². The topological polar surface area (TPSA) is 87.3 Å². The quantitative estimate of drug-likeness (QED) is 0.702. The summed E-state index contributed by atoms with van der Waals surface area (Å²) in [6.07, 6.45) is 1.22. The van der Waals surface area contributed by atoms with Crippen molar-refractivity contribution < 1.29 is 17.6 Å². The molecule has 1 rings (SSSR count). The zero-order valence-corrected chi connectivity index (χ0v) is 12.3. The molecule has 0 saturated heterocycles. The summed E-state index contributed by atoms with van der Waals surface area (Å²) >= 11 is 5.55. The van der Waals surface area contributed by atoms with Crippen LogP contribution in [0.5, 0.6) is 0 Å². The van der Waals surface area contributed by atoms with Gasteiger partial charge in [0.15, 0.2) is 0 Å². The van der Waals surface area contributed by atoms with Gasteiger partial charge < -0.3 is 5.32 Å². The number of hydrogen-bond acceptors (Lipinski definition) is 3. The average molecular weight is 324 g/mol. The third-order valence-electron chi connectivity index (χ3n) is 2.26. The lowest BCUT2D eigenvalue weighted by atomic mass is 10.3. The molecule has 112 valence electrons. The third kappa shape index (κ3) is 5.72. The molecule has 0 radical (unpaired) electrons. The van der Waals surface area contributed by atoms with Gasteiger partial charge in [0.2, 0.25) is 10.0 Å². The Hall–Kier alpha value is -1.38. The average Bonchev–Trinajstić information content (AvgIpc) is 2.39. The number of anilines is 1. The number of rotatable bonds is 6. The number of carbonyl (C=O) groups is 1. The lowest BCUT2D eigenvalue weighted by Gasteiger charge is -2.09. The molecule has 9 heteroatoms. The van der Waals surface area contributed by atoms with Crippen molar-refractivity contribution in [1.29, 1.82) is 0 Å². The molecule has 0 atom stereocenters. The Bertz CT molecular complexity index is 580. The Morgan fingerprint density at radius 1 is 1.40 bits per heavy atom. The number of halogens is 2. The van der Waals surface area contributed by atoms with Gasteiger partial charge in [0, 0.05) is 5.69 Å². The number of amides is 2. The van der Waals surface area contributed by atoms with Crippen LogP contribution in [0.3, 0.4) is 0 Å². The molecule has 2 amide bonds. The second-order valence-corrected chi connectivity index (χ2v) is 6.23. The number of benzene rings is 1. The molecule has 6 nitrogen and oxygen atoms in total. The highest BCUT2D eigenvalue weighted by Gasteiger charge is 2.11. The molecule has 0 heterocycles. The number of nitrogens with one attached hydrogen (secondary N) is 3. The van der Waals surface area contributed by atoms with Crippen LogP contribution in [0, 0.1) is 5.82 Å². The molecule has 0 aliphatic rings. The van der Waals surface area contributed by atoms with Crippen molar-refractivity contribution in [2.45, 2.75) is 19.8 Å². The second kappa shape index (κ2) is 7.41. The Kier molecular flexibility index (Phi) is 6.18. The van der Waals surface area contributed by atoms with Gasteiger partial charge in [-0.3, -0.25) is 5.43 Å². The fourth-order valence-electron chi connectivity index (χ4n) is 1.25. The van der Waals surface area contributed by atoms with Gasteiger partial charge in [0.1, 0.15) is 5.82 Å². The van der Waals surface area contributed by atoms with Crippen molar-refractivity contribution in [3.8, 4) is 0 Å². The van der Waals surface area contributed by atoms with Crippen LogP contribution in [0.15, 0.2) is 18.2 Å². The van der Waals surface area contributed by atoms with Crippen molar-refractivity contribution in [2.24, 2.45) is 0 Å². The summed E-state index contributed by atoms with van der Waals surface area (Å²) in [5, 5.41) is 2.16. The summed E-state index contributed by atoms with van der Waals surface area (Å²) in [4.78, 5) is 13.4. The third-order valence-corrected chi connectivity index (χ3v) is 3.79. The Labute approximate surface area is 121 Å². The first-order chi connectivity index (χ1) is 9.34. The van der Waals surface area contributed by atoms with Crippen LogP contribution in [0.2, 0.25) is 5.02 Å². The normalized spacial score (nSPS) is 11.2. The van der Waals surface area contributed by atoms with Crippen molar-refractivity contribution in [2.75, 3.05) is 11.1 Å². The van der Waals surface area contributed by atoms with Gasteiger partial charge in [-0.1, -0.05) is 24.9 Å². The van der Waals surface area contributed by atoms with Gasteiger partial charge in [-0.15, -0.1) is 4.83 Å². The van der Waals surface area contributed by atoms with Crippen LogP contribution in [-0.4, -0.2) is 20.2 Å². The maximum absolute atomic E-state index is 12.9. The molecule has 0 unspecified atom stereocenters. The molecule has 0 spiro atoms. The van der Waals surface area contributed by atoms with Gasteiger partial charge in [0.25, 0.3) is 0 Å². The van der Waals surface area contributed by atoms with Gasteiger partial charge in [-0.05, 0) is 24.6 Å². The molecule has 20 heavy (non-hydrogen) atoms. The number of hydrogen-bond donors (Lipinski definition) is 3. The van der Waals surface area contributed by atoms with Gasteiger partial charge in [-0.25, -0.2) is 17.6 Å². The Morgan fingerprint density at radius 2 is 2.10 bits per heavy atom. The smallest absolute Gasteiger partial charge is 0.307 e. The monoisotopic (exact) mass is 323 g/mol. The van der Waals surface area contributed by atoms with Crippen LogP contribution < -0.4 is 15.6 Å². The first kappa shape index (κ1) is 16.7. The Morgan fingerprint density at radius 3 is 2.70 bits per heavy atom. The van der Waals surface area contributed by atoms with Crippen LogP contribution in [0.1, 0.15) is 19.8 Å². The van der Waals surface area contributed by atoms with E-state index in [0.29, 0.717) is 6.42 Å². The molecule has 0 fully saturated rings. The molecule has 0 aliphatic heterocycles. The molecule has 1 aromatic carbocycles. The van der Waals surface area contributed by atoms with E-state index in [1.807, 2.05) is 17.2 Å². The van der Waals surface area contributed by atoms with Crippen molar-refractivity contribution in [3.63, 3.8) is 0 Å². The van der Waals surface area contributed by atoms with Crippen molar-refractivity contribution in [3.05, 3.63) is 29.0 Å². The maximum Gasteiger partial charge on any atom is 0.334 e. The first-order valence-electron chi connectivity index (χ1n) is 5.85. The molecule has 1 aromatic rings. The molecular formula is C11H15ClFN3O3S. The largest absolute Gasteiger partial charge is 0.334 e. The molecular weight excluding hydrogens is 309 g/mol. The fraction of sp³-hybridized carbons (Fsp3) is 0.364. The summed E-state index contributed by atoms with van der Waals surface area (Å²) in [7, 11) is -3.55. The summed E-state index contributed by atoms with van der Waals surface area (Å²) in [5.74, 6) is -0.690. The zero-order valence-electron chi connectivity index (χ0n) is 10.7. The number of carbonyl (C=O) groups excluding carboxylic acids is 1. The summed E-state index contributed by atoms with van der Waals surface area (Å²) in [6.45, 7) is 1.86. The first-order valence-corrected chi connectivity index (χ1v) is 7.88. The summed E-state index contributed by atoms with van der Waals surface area (Å²) < 4.78 is 35.7. The highest BCUT2D eigenvalue weighted by molar-refractivity contribution is 7.89. The minimum Gasteiger partial charge on any atom is -0.307 e. The van der Waals surface area contributed by atoms with E-state index in [0.717, 1.165) is 12.5 Å². The van der Waals surface area contributed by atoms with Crippen molar-refractivity contribution >= 4 is 33.3 Å².